The number of ether oxygens (including phenoxy) is 1. The minimum atomic E-state index is -1.02. The molecule has 0 radical (unpaired) electrons. The Kier molecular flexibility index (Phi) is 7.85. The molecule has 1 aromatic carbocycles. The van der Waals surface area contributed by atoms with Gasteiger partial charge in [-0.05, 0) is 30.5 Å². The number of carbonyl (C=O) groups is 2. The Morgan fingerprint density at radius 2 is 1.85 bits per heavy atom. The van der Waals surface area contributed by atoms with Crippen molar-refractivity contribution >= 4 is 41.1 Å². The third-order valence-electron chi connectivity index (χ3n) is 4.99. The van der Waals surface area contributed by atoms with Gasteiger partial charge in [-0.1, -0.05) is 23.7 Å². The van der Waals surface area contributed by atoms with Gasteiger partial charge in [-0.25, -0.2) is 14.8 Å². The van der Waals surface area contributed by atoms with E-state index in [4.69, 9.17) is 38.3 Å². The summed E-state index contributed by atoms with van der Waals surface area (Å²) in [5.41, 5.74) is 12.1. The lowest BCUT2D eigenvalue weighted by atomic mass is 10.0. The number of carboxylic acids is 1. The standard InChI is InChI=1S/C20H25ClN8O4/c21-16-18(23)27-17(22)15(26-16)19(32)28-20(24)25-12-5-7-29(8-6-12)9-11-1-3-13(4-2-11)33-10-14(30)31/h1-4,12H,5-10H2,(H,30,31)(H4,22,23,27)(H3,24,25,28,32). The van der Waals surface area contributed by atoms with Gasteiger partial charge in [0, 0.05) is 25.7 Å². The van der Waals surface area contributed by atoms with Crippen LogP contribution in [0.25, 0.3) is 0 Å². The highest BCUT2D eigenvalue weighted by Crippen LogP contribution is 2.18. The fourth-order valence-electron chi connectivity index (χ4n) is 3.35. The number of hydrogen-bond donors (Lipinski definition) is 6. The molecule has 0 unspecified atom stereocenters. The van der Waals surface area contributed by atoms with Gasteiger partial charge in [0.25, 0.3) is 5.91 Å². The number of guanidine groups is 1. The molecule has 1 fully saturated rings. The average Bonchev–Trinajstić information content (AvgIpc) is 2.77. The number of hydrogen-bond acceptors (Lipinski definition) is 9. The first-order chi connectivity index (χ1) is 15.7. The predicted octanol–water partition coefficient (Wildman–Crippen LogP) is 0.677. The number of amides is 1. The van der Waals surface area contributed by atoms with Crippen molar-refractivity contribution in [2.45, 2.75) is 25.4 Å². The second-order valence-electron chi connectivity index (χ2n) is 7.48. The fraction of sp³-hybridized carbons (Fsp3) is 0.350. The number of rotatable bonds is 7. The number of anilines is 2. The van der Waals surface area contributed by atoms with Crippen LogP contribution in [0.4, 0.5) is 11.6 Å². The number of aromatic nitrogens is 2. The second kappa shape index (κ2) is 10.8. The average molecular weight is 477 g/mol. The lowest BCUT2D eigenvalue weighted by Gasteiger charge is -2.32. The van der Waals surface area contributed by atoms with E-state index < -0.39 is 11.9 Å². The van der Waals surface area contributed by atoms with E-state index in [0.717, 1.165) is 38.0 Å². The van der Waals surface area contributed by atoms with Crippen molar-refractivity contribution in [1.82, 2.24) is 25.5 Å². The van der Waals surface area contributed by atoms with Crippen molar-refractivity contribution in [3.63, 3.8) is 0 Å². The van der Waals surface area contributed by atoms with E-state index in [1.807, 2.05) is 12.1 Å². The second-order valence-corrected chi connectivity index (χ2v) is 7.84. The van der Waals surface area contributed by atoms with E-state index in [-0.39, 0.29) is 41.1 Å². The molecule has 1 aromatic heterocycles. The molecule has 0 bridgehead atoms. The van der Waals surface area contributed by atoms with Crippen molar-refractivity contribution < 1.29 is 19.4 Å². The van der Waals surface area contributed by atoms with Gasteiger partial charge < -0.3 is 26.6 Å². The van der Waals surface area contributed by atoms with E-state index in [1.165, 1.54) is 0 Å². The summed E-state index contributed by atoms with van der Waals surface area (Å²) < 4.78 is 5.14. The Hall–Kier alpha value is -3.64. The van der Waals surface area contributed by atoms with Crippen LogP contribution in [0.15, 0.2) is 24.3 Å². The van der Waals surface area contributed by atoms with E-state index in [2.05, 4.69) is 25.5 Å². The fourth-order valence-corrected chi connectivity index (χ4v) is 3.48. The molecule has 8 N–H and O–H groups in total. The highest BCUT2D eigenvalue weighted by Gasteiger charge is 2.22. The van der Waals surface area contributed by atoms with Crippen molar-refractivity contribution in [2.24, 2.45) is 0 Å². The Balaban J connectivity index is 1.42. The van der Waals surface area contributed by atoms with Gasteiger partial charge in [0.05, 0.1) is 0 Å². The minimum Gasteiger partial charge on any atom is -0.482 e. The van der Waals surface area contributed by atoms with Gasteiger partial charge in [0.2, 0.25) is 0 Å². The molecule has 0 saturated carbocycles. The lowest BCUT2D eigenvalue weighted by molar-refractivity contribution is -0.139. The first-order valence-electron chi connectivity index (χ1n) is 10.1. The highest BCUT2D eigenvalue weighted by atomic mass is 35.5. The summed E-state index contributed by atoms with van der Waals surface area (Å²) in [6, 6.07) is 7.35. The van der Waals surface area contributed by atoms with Crippen molar-refractivity contribution in [3.8, 4) is 5.75 Å². The van der Waals surface area contributed by atoms with E-state index in [9.17, 15) is 9.59 Å². The van der Waals surface area contributed by atoms with Crippen LogP contribution >= 0.6 is 11.6 Å². The lowest BCUT2D eigenvalue weighted by Crippen LogP contribution is -2.49. The zero-order valence-electron chi connectivity index (χ0n) is 17.7. The first kappa shape index (κ1) is 24.0. The van der Waals surface area contributed by atoms with Crippen LogP contribution in [0.5, 0.6) is 5.75 Å². The molecule has 1 aliphatic heterocycles. The van der Waals surface area contributed by atoms with Gasteiger partial charge >= 0.3 is 5.97 Å². The van der Waals surface area contributed by atoms with Crippen LogP contribution in [0.3, 0.4) is 0 Å². The van der Waals surface area contributed by atoms with Gasteiger partial charge in [-0.3, -0.25) is 20.4 Å². The van der Waals surface area contributed by atoms with Crippen LogP contribution in [0.1, 0.15) is 28.9 Å². The van der Waals surface area contributed by atoms with Gasteiger partial charge in [-0.2, -0.15) is 0 Å². The largest absolute Gasteiger partial charge is 0.482 e. The topological polar surface area (TPSA) is 193 Å². The molecule has 2 aromatic rings. The highest BCUT2D eigenvalue weighted by molar-refractivity contribution is 6.31. The maximum Gasteiger partial charge on any atom is 0.341 e. The molecule has 33 heavy (non-hydrogen) atoms. The summed E-state index contributed by atoms with van der Waals surface area (Å²) in [6.07, 6.45) is 1.57. The Morgan fingerprint density at radius 3 is 2.48 bits per heavy atom. The number of piperidine rings is 1. The molecule has 2 heterocycles. The van der Waals surface area contributed by atoms with Gasteiger partial charge in [0.15, 0.2) is 35.0 Å². The number of nitrogens with two attached hydrogens (primary N) is 2. The smallest absolute Gasteiger partial charge is 0.341 e. The molecule has 1 saturated heterocycles. The summed E-state index contributed by atoms with van der Waals surface area (Å²) in [6.45, 7) is 1.99. The summed E-state index contributed by atoms with van der Waals surface area (Å²) in [7, 11) is 0. The zero-order chi connectivity index (χ0) is 24.0. The normalized spacial score (nSPS) is 14.5. The first-order valence-corrected chi connectivity index (χ1v) is 10.5. The summed E-state index contributed by atoms with van der Waals surface area (Å²) >= 11 is 5.79. The molecular weight excluding hydrogens is 452 g/mol. The molecule has 176 valence electrons. The molecule has 3 rings (SSSR count). The van der Waals surface area contributed by atoms with E-state index in [1.54, 1.807) is 12.1 Å². The number of carbonyl (C=O) groups excluding carboxylic acids is 1. The molecule has 0 aliphatic carbocycles. The van der Waals surface area contributed by atoms with E-state index >= 15 is 0 Å². The minimum absolute atomic E-state index is 0.0271. The van der Waals surface area contributed by atoms with Crippen molar-refractivity contribution in [1.29, 1.82) is 5.41 Å². The predicted molar refractivity (Wildman–Crippen MR) is 122 cm³/mol. The summed E-state index contributed by atoms with van der Waals surface area (Å²) in [5.74, 6) is -1.61. The SMILES string of the molecule is N=C(NC(=O)c1nc(Cl)c(N)nc1N)NC1CCN(Cc2ccc(OCC(=O)O)cc2)CC1. The van der Waals surface area contributed by atoms with Gasteiger partial charge in [-0.15, -0.1) is 0 Å². The Labute approximate surface area is 194 Å². The number of carboxylic acid groups (broad SMARTS) is 1. The number of nitrogens with one attached hydrogen (secondary N) is 3. The molecular formula is C20H25ClN8O4. The number of nitrogens with zero attached hydrogens (tertiary/aromatic N) is 3. The molecule has 1 aliphatic rings. The Morgan fingerprint density at radius 1 is 1.18 bits per heavy atom. The van der Waals surface area contributed by atoms with Crippen LogP contribution in [0, 0.1) is 5.41 Å². The number of likely N-dealkylation sites (tertiary alicyclic amines) is 1. The van der Waals surface area contributed by atoms with Crippen LogP contribution in [-0.2, 0) is 11.3 Å². The molecule has 0 atom stereocenters. The number of nitrogen functional groups attached to an aromatic ring is 2. The Bertz CT molecular complexity index is 1030. The third kappa shape index (κ3) is 6.92. The van der Waals surface area contributed by atoms with Crippen LogP contribution in [-0.4, -0.2) is 63.5 Å². The number of benzene rings is 1. The maximum absolute atomic E-state index is 12.3. The van der Waals surface area contributed by atoms with E-state index in [0.29, 0.717) is 5.75 Å². The molecule has 0 spiro atoms. The summed E-state index contributed by atoms with van der Waals surface area (Å²) in [4.78, 5) is 32.7. The number of halogens is 1. The maximum atomic E-state index is 12.3. The summed E-state index contributed by atoms with van der Waals surface area (Å²) in [5, 5.41) is 21.9. The molecule has 12 nitrogen and oxygen atoms in total. The number of aliphatic carboxylic acids is 1. The molecule has 1 amide bonds. The molecule has 13 heteroatoms. The van der Waals surface area contributed by atoms with Crippen molar-refractivity contribution in [3.05, 3.63) is 40.7 Å². The van der Waals surface area contributed by atoms with Crippen LogP contribution in [0.2, 0.25) is 5.15 Å². The monoisotopic (exact) mass is 476 g/mol. The van der Waals surface area contributed by atoms with Crippen molar-refractivity contribution in [2.75, 3.05) is 31.2 Å². The third-order valence-corrected chi connectivity index (χ3v) is 5.26. The quantitative estimate of drug-likeness (QED) is 0.244. The zero-order valence-corrected chi connectivity index (χ0v) is 18.4. The van der Waals surface area contributed by atoms with Gasteiger partial charge in [0.1, 0.15) is 5.75 Å². The van der Waals surface area contributed by atoms with Crippen LogP contribution < -0.4 is 26.8 Å².